The largest absolute Gasteiger partial charge is 0.494 e. The van der Waals surface area contributed by atoms with Crippen molar-refractivity contribution in [2.75, 3.05) is 11.9 Å². The van der Waals surface area contributed by atoms with Gasteiger partial charge in [-0.3, -0.25) is 4.79 Å². The van der Waals surface area contributed by atoms with E-state index in [-0.39, 0.29) is 5.91 Å². The van der Waals surface area contributed by atoms with E-state index in [1.165, 1.54) is 0 Å². The molecule has 1 N–H and O–H groups in total. The monoisotopic (exact) mass is 323 g/mol. The van der Waals surface area contributed by atoms with Crippen LogP contribution < -0.4 is 10.1 Å². The molecule has 0 aliphatic heterocycles. The van der Waals surface area contributed by atoms with Gasteiger partial charge in [0.05, 0.1) is 17.3 Å². The quantitative estimate of drug-likeness (QED) is 0.864. The number of amides is 1. The topological polar surface area (TPSA) is 38.3 Å². The Labute approximate surface area is 133 Å². The molecular formula is C16H15Cl2NO2. The Kier molecular flexibility index (Phi) is 5.10. The van der Waals surface area contributed by atoms with E-state index in [0.29, 0.717) is 27.9 Å². The first-order valence-corrected chi connectivity index (χ1v) is 7.26. The van der Waals surface area contributed by atoms with Crippen molar-refractivity contribution in [2.45, 2.75) is 13.8 Å². The number of ether oxygens (including phenoxy) is 1. The first kappa shape index (κ1) is 15.7. The summed E-state index contributed by atoms with van der Waals surface area (Å²) >= 11 is 11.9. The van der Waals surface area contributed by atoms with Crippen molar-refractivity contribution >= 4 is 34.8 Å². The van der Waals surface area contributed by atoms with Gasteiger partial charge in [0.2, 0.25) is 0 Å². The Balaban J connectivity index is 2.20. The smallest absolute Gasteiger partial charge is 0.255 e. The summed E-state index contributed by atoms with van der Waals surface area (Å²) in [6, 6.07) is 10.2. The highest BCUT2D eigenvalue weighted by Crippen LogP contribution is 2.26. The van der Waals surface area contributed by atoms with Crippen LogP contribution in [0.15, 0.2) is 36.4 Å². The lowest BCUT2D eigenvalue weighted by molar-refractivity contribution is 0.102. The molecule has 0 aliphatic rings. The number of hydrogen-bond acceptors (Lipinski definition) is 2. The minimum absolute atomic E-state index is 0.245. The lowest BCUT2D eigenvalue weighted by atomic mass is 10.1. The summed E-state index contributed by atoms with van der Waals surface area (Å²) in [6.45, 7) is 4.40. The molecule has 0 saturated heterocycles. The number of anilines is 1. The van der Waals surface area contributed by atoms with Gasteiger partial charge in [-0.15, -0.1) is 0 Å². The molecule has 2 aromatic rings. The number of halogens is 2. The number of carbonyl (C=O) groups excluding carboxylic acids is 1. The molecule has 1 amide bonds. The average molecular weight is 324 g/mol. The number of nitrogens with one attached hydrogen (secondary N) is 1. The number of rotatable bonds is 4. The second kappa shape index (κ2) is 6.83. The van der Waals surface area contributed by atoms with Crippen LogP contribution in [0.5, 0.6) is 5.75 Å². The Morgan fingerprint density at radius 3 is 2.62 bits per heavy atom. The number of hydrogen-bond donors (Lipinski definition) is 1. The van der Waals surface area contributed by atoms with E-state index < -0.39 is 0 Å². The molecule has 0 radical (unpaired) electrons. The van der Waals surface area contributed by atoms with Crippen LogP contribution in [0, 0.1) is 6.92 Å². The fourth-order valence-corrected chi connectivity index (χ4v) is 2.23. The van der Waals surface area contributed by atoms with Gasteiger partial charge in [-0.1, -0.05) is 23.2 Å². The minimum Gasteiger partial charge on any atom is -0.494 e. The van der Waals surface area contributed by atoms with Crippen LogP contribution in [0.2, 0.25) is 10.0 Å². The summed E-state index contributed by atoms with van der Waals surface area (Å²) in [4.78, 5) is 12.2. The predicted octanol–water partition coefficient (Wildman–Crippen LogP) is 4.95. The summed E-state index contributed by atoms with van der Waals surface area (Å²) < 4.78 is 5.45. The van der Waals surface area contributed by atoms with E-state index in [0.717, 1.165) is 11.3 Å². The van der Waals surface area contributed by atoms with E-state index in [1.807, 2.05) is 13.8 Å². The molecule has 2 rings (SSSR count). The normalized spacial score (nSPS) is 10.3. The van der Waals surface area contributed by atoms with Crippen molar-refractivity contribution in [3.05, 3.63) is 57.6 Å². The fraction of sp³-hybridized carbons (Fsp3) is 0.188. The Morgan fingerprint density at radius 1 is 1.19 bits per heavy atom. The molecule has 110 valence electrons. The van der Waals surface area contributed by atoms with Crippen molar-refractivity contribution in [3.8, 4) is 5.75 Å². The van der Waals surface area contributed by atoms with Crippen LogP contribution >= 0.6 is 23.2 Å². The van der Waals surface area contributed by atoms with Crippen molar-refractivity contribution in [1.82, 2.24) is 0 Å². The van der Waals surface area contributed by atoms with E-state index in [4.69, 9.17) is 27.9 Å². The number of aryl methyl sites for hydroxylation is 1. The Morgan fingerprint density at radius 2 is 1.95 bits per heavy atom. The van der Waals surface area contributed by atoms with Gasteiger partial charge in [-0.05, 0) is 55.8 Å². The molecule has 0 saturated carbocycles. The number of carbonyl (C=O) groups is 1. The molecule has 21 heavy (non-hydrogen) atoms. The molecule has 0 aromatic heterocycles. The van der Waals surface area contributed by atoms with Crippen LogP contribution in [0.1, 0.15) is 22.8 Å². The van der Waals surface area contributed by atoms with Gasteiger partial charge in [0.15, 0.2) is 0 Å². The van der Waals surface area contributed by atoms with Crippen molar-refractivity contribution in [3.63, 3.8) is 0 Å². The highest BCUT2D eigenvalue weighted by atomic mass is 35.5. The molecule has 5 heteroatoms. The summed E-state index contributed by atoms with van der Waals surface area (Å²) in [7, 11) is 0. The Bertz CT molecular complexity index is 671. The van der Waals surface area contributed by atoms with Gasteiger partial charge in [0.25, 0.3) is 5.91 Å². The SMILES string of the molecule is CCOc1ccc(C(=O)Nc2cc(Cl)ccc2Cl)cc1C. The zero-order chi connectivity index (χ0) is 15.4. The second-order valence-electron chi connectivity index (χ2n) is 4.49. The standard InChI is InChI=1S/C16H15Cl2NO2/c1-3-21-15-7-4-11(8-10(15)2)16(20)19-14-9-12(17)5-6-13(14)18/h4-9H,3H2,1-2H3,(H,19,20). The van der Waals surface area contributed by atoms with Crippen molar-refractivity contribution < 1.29 is 9.53 Å². The van der Waals surface area contributed by atoms with Gasteiger partial charge >= 0.3 is 0 Å². The Hall–Kier alpha value is -1.71. The minimum atomic E-state index is -0.245. The molecule has 3 nitrogen and oxygen atoms in total. The lowest BCUT2D eigenvalue weighted by Gasteiger charge is -2.10. The van der Waals surface area contributed by atoms with E-state index in [1.54, 1.807) is 36.4 Å². The molecule has 0 bridgehead atoms. The second-order valence-corrected chi connectivity index (χ2v) is 5.34. The molecule has 0 unspecified atom stereocenters. The lowest BCUT2D eigenvalue weighted by Crippen LogP contribution is -2.12. The predicted molar refractivity (Wildman–Crippen MR) is 86.8 cm³/mol. The van der Waals surface area contributed by atoms with Gasteiger partial charge in [0, 0.05) is 10.6 Å². The summed E-state index contributed by atoms with van der Waals surface area (Å²) in [5, 5.41) is 3.70. The van der Waals surface area contributed by atoms with Crippen LogP contribution in [0.3, 0.4) is 0 Å². The molecule has 2 aromatic carbocycles. The third kappa shape index (κ3) is 3.90. The third-order valence-corrected chi connectivity index (χ3v) is 3.48. The van der Waals surface area contributed by atoms with Crippen molar-refractivity contribution in [1.29, 1.82) is 0 Å². The number of benzene rings is 2. The van der Waals surface area contributed by atoms with Crippen LogP contribution in [-0.4, -0.2) is 12.5 Å². The maximum Gasteiger partial charge on any atom is 0.255 e. The van der Waals surface area contributed by atoms with Gasteiger partial charge in [-0.25, -0.2) is 0 Å². The fourth-order valence-electron chi connectivity index (χ4n) is 1.90. The van der Waals surface area contributed by atoms with Gasteiger partial charge < -0.3 is 10.1 Å². The van der Waals surface area contributed by atoms with E-state index >= 15 is 0 Å². The third-order valence-electron chi connectivity index (χ3n) is 2.91. The zero-order valence-electron chi connectivity index (χ0n) is 11.7. The zero-order valence-corrected chi connectivity index (χ0v) is 13.3. The first-order valence-electron chi connectivity index (χ1n) is 6.51. The molecule has 0 spiro atoms. The van der Waals surface area contributed by atoms with Crippen LogP contribution in [-0.2, 0) is 0 Å². The molecular weight excluding hydrogens is 309 g/mol. The highest BCUT2D eigenvalue weighted by Gasteiger charge is 2.11. The summed E-state index contributed by atoms with van der Waals surface area (Å²) in [5.74, 6) is 0.528. The van der Waals surface area contributed by atoms with Crippen molar-refractivity contribution in [2.24, 2.45) is 0 Å². The van der Waals surface area contributed by atoms with Gasteiger partial charge in [0.1, 0.15) is 5.75 Å². The van der Waals surface area contributed by atoms with Crippen LogP contribution in [0.25, 0.3) is 0 Å². The highest BCUT2D eigenvalue weighted by molar-refractivity contribution is 6.35. The van der Waals surface area contributed by atoms with Gasteiger partial charge in [-0.2, -0.15) is 0 Å². The summed E-state index contributed by atoms with van der Waals surface area (Å²) in [6.07, 6.45) is 0. The molecule has 0 heterocycles. The first-order chi connectivity index (χ1) is 10.0. The summed E-state index contributed by atoms with van der Waals surface area (Å²) in [5.41, 5.74) is 1.93. The molecule has 0 fully saturated rings. The van der Waals surface area contributed by atoms with Crippen LogP contribution in [0.4, 0.5) is 5.69 Å². The average Bonchev–Trinajstić information content (AvgIpc) is 2.45. The molecule has 0 aliphatic carbocycles. The van der Waals surface area contributed by atoms with E-state index in [9.17, 15) is 4.79 Å². The maximum absolute atomic E-state index is 12.2. The maximum atomic E-state index is 12.2. The molecule has 0 atom stereocenters. The van der Waals surface area contributed by atoms with E-state index in [2.05, 4.69) is 5.32 Å².